The van der Waals surface area contributed by atoms with E-state index in [-0.39, 0.29) is 5.91 Å². The van der Waals surface area contributed by atoms with Gasteiger partial charge in [0, 0.05) is 10.2 Å². The van der Waals surface area contributed by atoms with E-state index in [1.165, 1.54) is 5.56 Å². The summed E-state index contributed by atoms with van der Waals surface area (Å²) in [5, 5.41) is 3.15. The zero-order valence-electron chi connectivity index (χ0n) is 11.2. The maximum atomic E-state index is 12.2. The van der Waals surface area contributed by atoms with Gasteiger partial charge in [-0.1, -0.05) is 35.0 Å². The minimum atomic E-state index is 0.0593. The third-order valence-electron chi connectivity index (χ3n) is 3.48. The summed E-state index contributed by atoms with van der Waals surface area (Å²) in [4.78, 5) is 14.0. The van der Waals surface area contributed by atoms with Crippen molar-refractivity contribution in [2.24, 2.45) is 0 Å². The van der Waals surface area contributed by atoms with E-state index in [1.54, 1.807) is 4.90 Å². The first-order chi connectivity index (χ1) is 9.69. The number of rotatable bonds is 2. The van der Waals surface area contributed by atoms with Crippen molar-refractivity contribution in [3.63, 3.8) is 0 Å². The van der Waals surface area contributed by atoms with Crippen LogP contribution < -0.4 is 10.2 Å². The third kappa shape index (κ3) is 2.31. The molecule has 102 valence electrons. The molecule has 1 N–H and O–H groups in total. The van der Waals surface area contributed by atoms with E-state index in [0.29, 0.717) is 6.54 Å². The zero-order valence-corrected chi connectivity index (χ0v) is 12.8. The summed E-state index contributed by atoms with van der Waals surface area (Å²) in [6, 6.07) is 14.1. The molecule has 0 aliphatic carbocycles. The molecule has 0 radical (unpaired) electrons. The van der Waals surface area contributed by atoms with Gasteiger partial charge in [0.1, 0.15) is 0 Å². The minimum Gasteiger partial charge on any atom is -0.374 e. The van der Waals surface area contributed by atoms with E-state index in [1.807, 2.05) is 30.3 Å². The molecule has 3 rings (SSSR count). The molecule has 20 heavy (non-hydrogen) atoms. The lowest BCUT2D eigenvalue weighted by atomic mass is 10.1. The first-order valence-corrected chi connectivity index (χ1v) is 7.43. The number of hydrogen-bond donors (Lipinski definition) is 1. The Morgan fingerprint density at radius 2 is 1.95 bits per heavy atom. The number of fused-ring (bicyclic) bond motifs is 1. The molecule has 3 nitrogen and oxygen atoms in total. The van der Waals surface area contributed by atoms with Crippen molar-refractivity contribution in [2.75, 3.05) is 16.8 Å². The molecule has 0 atom stereocenters. The summed E-state index contributed by atoms with van der Waals surface area (Å²) in [6.45, 7) is 2.44. The van der Waals surface area contributed by atoms with Gasteiger partial charge in [-0.05, 0) is 42.3 Å². The first kappa shape index (κ1) is 13.2. The molecule has 0 saturated heterocycles. The second-order valence-electron chi connectivity index (χ2n) is 4.76. The van der Waals surface area contributed by atoms with Gasteiger partial charge in [-0.3, -0.25) is 9.69 Å². The van der Waals surface area contributed by atoms with Gasteiger partial charge in [-0.25, -0.2) is 0 Å². The number of halogens is 1. The summed E-state index contributed by atoms with van der Waals surface area (Å²) >= 11 is 3.46. The molecule has 1 heterocycles. The molecule has 0 fully saturated rings. The van der Waals surface area contributed by atoms with Crippen LogP contribution in [0.15, 0.2) is 46.9 Å². The van der Waals surface area contributed by atoms with Crippen molar-refractivity contribution < 1.29 is 4.79 Å². The number of aryl methyl sites for hydroxylation is 1. The second-order valence-corrected chi connectivity index (χ2v) is 5.68. The molecular formula is C16H15BrN2O. The number of anilines is 3. The molecule has 0 spiro atoms. The highest BCUT2D eigenvalue weighted by atomic mass is 79.9. The predicted octanol–water partition coefficient (Wildman–Crippen LogP) is 4.10. The minimum absolute atomic E-state index is 0.0593. The highest BCUT2D eigenvalue weighted by Gasteiger charge is 2.25. The first-order valence-electron chi connectivity index (χ1n) is 6.64. The van der Waals surface area contributed by atoms with Crippen LogP contribution in [-0.2, 0) is 11.2 Å². The topological polar surface area (TPSA) is 32.3 Å². The molecular weight excluding hydrogens is 316 g/mol. The molecule has 2 aromatic carbocycles. The number of nitrogens with one attached hydrogen (secondary N) is 1. The van der Waals surface area contributed by atoms with Gasteiger partial charge in [-0.2, -0.15) is 0 Å². The Kier molecular flexibility index (Phi) is 3.49. The van der Waals surface area contributed by atoms with Crippen molar-refractivity contribution >= 4 is 38.9 Å². The van der Waals surface area contributed by atoms with Crippen LogP contribution in [0.5, 0.6) is 0 Å². The van der Waals surface area contributed by atoms with Crippen molar-refractivity contribution in [3.8, 4) is 0 Å². The van der Waals surface area contributed by atoms with Gasteiger partial charge in [0.05, 0.1) is 17.9 Å². The molecule has 1 amide bonds. The molecule has 0 aromatic heterocycles. The normalized spacial score (nSPS) is 13.9. The van der Waals surface area contributed by atoms with Crippen LogP contribution in [0, 0.1) is 0 Å². The fourth-order valence-corrected chi connectivity index (χ4v) is 2.75. The van der Waals surface area contributed by atoms with Gasteiger partial charge >= 0.3 is 0 Å². The fraction of sp³-hybridized carbons (Fsp3) is 0.188. The van der Waals surface area contributed by atoms with Crippen LogP contribution >= 0.6 is 15.9 Å². The van der Waals surface area contributed by atoms with Gasteiger partial charge in [0.25, 0.3) is 5.91 Å². The summed E-state index contributed by atoms with van der Waals surface area (Å²) in [7, 11) is 0. The Hall–Kier alpha value is -1.81. The zero-order chi connectivity index (χ0) is 14.1. The Labute approximate surface area is 126 Å². The van der Waals surface area contributed by atoms with Crippen molar-refractivity contribution in [1.29, 1.82) is 0 Å². The van der Waals surface area contributed by atoms with E-state index in [4.69, 9.17) is 0 Å². The van der Waals surface area contributed by atoms with Crippen LogP contribution in [0.2, 0.25) is 0 Å². The predicted molar refractivity (Wildman–Crippen MR) is 85.6 cm³/mol. The van der Waals surface area contributed by atoms with Crippen molar-refractivity contribution in [3.05, 3.63) is 52.5 Å². The molecule has 4 heteroatoms. The molecule has 0 bridgehead atoms. The van der Waals surface area contributed by atoms with Crippen LogP contribution in [0.1, 0.15) is 12.5 Å². The number of amides is 1. The lowest BCUT2D eigenvalue weighted by molar-refractivity contribution is -0.116. The second kappa shape index (κ2) is 5.29. The van der Waals surface area contributed by atoms with Crippen LogP contribution in [0.3, 0.4) is 0 Å². The van der Waals surface area contributed by atoms with Crippen LogP contribution in [-0.4, -0.2) is 12.5 Å². The Morgan fingerprint density at radius 3 is 2.65 bits per heavy atom. The molecule has 0 unspecified atom stereocenters. The summed E-state index contributed by atoms with van der Waals surface area (Å²) in [6.07, 6.45) is 0.999. The van der Waals surface area contributed by atoms with Crippen LogP contribution in [0.4, 0.5) is 17.1 Å². The van der Waals surface area contributed by atoms with Gasteiger partial charge in [0.2, 0.25) is 0 Å². The summed E-state index contributed by atoms with van der Waals surface area (Å²) in [5.74, 6) is 0.0593. The summed E-state index contributed by atoms with van der Waals surface area (Å²) < 4.78 is 0.999. The highest BCUT2D eigenvalue weighted by molar-refractivity contribution is 9.10. The van der Waals surface area contributed by atoms with E-state index in [2.05, 4.69) is 40.3 Å². The van der Waals surface area contributed by atoms with Gasteiger partial charge in [-0.15, -0.1) is 0 Å². The standard InChI is InChI=1S/C16H15BrN2O/c1-2-11-3-6-13(7-4-11)19-15-8-5-12(17)9-14(15)18-10-16(19)20/h3-9,18H,2,10H2,1H3. The third-order valence-corrected chi connectivity index (χ3v) is 3.98. The average molecular weight is 331 g/mol. The Bertz CT molecular complexity index is 652. The number of carbonyl (C=O) groups excluding carboxylic acids is 1. The molecule has 1 aliphatic heterocycles. The van der Waals surface area contributed by atoms with Gasteiger partial charge < -0.3 is 5.32 Å². The smallest absolute Gasteiger partial charge is 0.250 e. The molecule has 2 aromatic rings. The largest absolute Gasteiger partial charge is 0.374 e. The van der Waals surface area contributed by atoms with E-state index in [9.17, 15) is 4.79 Å². The number of nitrogens with zero attached hydrogens (tertiary/aromatic N) is 1. The quantitative estimate of drug-likeness (QED) is 0.898. The summed E-state index contributed by atoms with van der Waals surface area (Å²) in [5.41, 5.74) is 4.05. The molecule has 1 aliphatic rings. The number of carbonyl (C=O) groups is 1. The maximum absolute atomic E-state index is 12.2. The van der Waals surface area contributed by atoms with Crippen molar-refractivity contribution in [1.82, 2.24) is 0 Å². The van der Waals surface area contributed by atoms with E-state index >= 15 is 0 Å². The van der Waals surface area contributed by atoms with Crippen molar-refractivity contribution in [2.45, 2.75) is 13.3 Å². The number of benzene rings is 2. The maximum Gasteiger partial charge on any atom is 0.250 e. The van der Waals surface area contributed by atoms with E-state index in [0.717, 1.165) is 28.0 Å². The lowest BCUT2D eigenvalue weighted by Gasteiger charge is -2.30. The Balaban J connectivity index is 2.05. The number of hydrogen-bond acceptors (Lipinski definition) is 2. The van der Waals surface area contributed by atoms with Crippen LogP contribution in [0.25, 0.3) is 0 Å². The van der Waals surface area contributed by atoms with E-state index < -0.39 is 0 Å². The SMILES string of the molecule is CCc1ccc(N2C(=O)CNc3cc(Br)ccc32)cc1. The highest BCUT2D eigenvalue weighted by Crippen LogP contribution is 2.36. The molecule has 0 saturated carbocycles. The van der Waals surface area contributed by atoms with Gasteiger partial charge in [0.15, 0.2) is 0 Å². The lowest BCUT2D eigenvalue weighted by Crippen LogP contribution is -2.36. The monoisotopic (exact) mass is 330 g/mol. The average Bonchev–Trinajstić information content (AvgIpc) is 2.48. The fourth-order valence-electron chi connectivity index (χ4n) is 2.39. The Morgan fingerprint density at radius 1 is 1.20 bits per heavy atom.